The van der Waals surface area contributed by atoms with Crippen molar-refractivity contribution in [2.75, 3.05) is 13.1 Å². The van der Waals surface area contributed by atoms with E-state index in [2.05, 4.69) is 24.4 Å². The maximum absolute atomic E-state index is 13.2. The van der Waals surface area contributed by atoms with Gasteiger partial charge in [0, 0.05) is 12.6 Å². The summed E-state index contributed by atoms with van der Waals surface area (Å²) in [4.78, 5) is 0. The van der Waals surface area contributed by atoms with Crippen LogP contribution >= 0.6 is 0 Å². The molecule has 1 N–H and O–H groups in total. The van der Waals surface area contributed by atoms with Crippen LogP contribution in [0.25, 0.3) is 0 Å². The highest BCUT2D eigenvalue weighted by molar-refractivity contribution is 5.22. The Bertz CT molecular complexity index is 534. The van der Waals surface area contributed by atoms with Gasteiger partial charge in [-0.2, -0.15) is 0 Å². The van der Waals surface area contributed by atoms with Gasteiger partial charge < -0.3 is 5.32 Å². The summed E-state index contributed by atoms with van der Waals surface area (Å²) >= 11 is 0. The second-order valence-electron chi connectivity index (χ2n) is 5.23. The smallest absolute Gasteiger partial charge is 0.126 e. The zero-order valence-corrected chi connectivity index (χ0v) is 12.3. The number of aryl methyl sites for hydroxylation is 1. The van der Waals surface area contributed by atoms with Crippen molar-refractivity contribution in [1.82, 2.24) is 5.32 Å². The summed E-state index contributed by atoms with van der Waals surface area (Å²) in [5.41, 5.74) is 1.97. The highest BCUT2D eigenvalue weighted by Crippen LogP contribution is 2.22. The Morgan fingerprint density at radius 2 is 1.67 bits per heavy atom. The van der Waals surface area contributed by atoms with Gasteiger partial charge in [0.1, 0.15) is 11.6 Å². The van der Waals surface area contributed by atoms with E-state index in [9.17, 15) is 8.78 Å². The van der Waals surface area contributed by atoms with Crippen LogP contribution in [0.3, 0.4) is 0 Å². The van der Waals surface area contributed by atoms with Gasteiger partial charge in [-0.25, -0.2) is 8.78 Å². The standard InChI is InChI=1S/C18H21F2N/c1-2-21-13-16(15-6-4-3-5-7-15)9-8-14-10-17(19)12-18(20)11-14/h3-7,10-12,16,21H,2,8-9,13H2,1H3. The van der Waals surface area contributed by atoms with Crippen LogP contribution in [-0.2, 0) is 6.42 Å². The van der Waals surface area contributed by atoms with Crippen molar-refractivity contribution in [3.63, 3.8) is 0 Å². The molecule has 3 heteroatoms. The van der Waals surface area contributed by atoms with Crippen molar-refractivity contribution in [3.05, 3.63) is 71.3 Å². The lowest BCUT2D eigenvalue weighted by atomic mass is 9.92. The zero-order valence-electron chi connectivity index (χ0n) is 12.3. The van der Waals surface area contributed by atoms with Gasteiger partial charge in [-0.05, 0) is 48.6 Å². The lowest BCUT2D eigenvalue weighted by molar-refractivity contribution is 0.553. The van der Waals surface area contributed by atoms with Crippen LogP contribution in [0.2, 0.25) is 0 Å². The van der Waals surface area contributed by atoms with Crippen LogP contribution in [0.5, 0.6) is 0 Å². The average Bonchev–Trinajstić information content (AvgIpc) is 2.47. The van der Waals surface area contributed by atoms with Crippen molar-refractivity contribution < 1.29 is 8.78 Å². The van der Waals surface area contributed by atoms with E-state index in [0.29, 0.717) is 17.9 Å². The fourth-order valence-electron chi connectivity index (χ4n) is 2.53. The summed E-state index contributed by atoms with van der Waals surface area (Å²) in [6.07, 6.45) is 1.53. The summed E-state index contributed by atoms with van der Waals surface area (Å²) in [6.45, 7) is 3.86. The van der Waals surface area contributed by atoms with E-state index in [1.54, 1.807) is 0 Å². The molecule has 2 aromatic carbocycles. The maximum Gasteiger partial charge on any atom is 0.126 e. The first-order valence-corrected chi connectivity index (χ1v) is 7.39. The summed E-state index contributed by atoms with van der Waals surface area (Å²) in [5.74, 6) is -0.668. The Balaban J connectivity index is 2.05. The molecule has 0 spiro atoms. The van der Waals surface area contributed by atoms with Gasteiger partial charge in [0.2, 0.25) is 0 Å². The van der Waals surface area contributed by atoms with E-state index in [1.807, 2.05) is 18.2 Å². The van der Waals surface area contributed by atoms with E-state index in [0.717, 1.165) is 25.6 Å². The molecule has 0 saturated carbocycles. The molecule has 0 aliphatic carbocycles. The summed E-state index contributed by atoms with van der Waals surface area (Å²) in [6, 6.07) is 14.0. The van der Waals surface area contributed by atoms with Crippen molar-refractivity contribution in [1.29, 1.82) is 0 Å². The van der Waals surface area contributed by atoms with Gasteiger partial charge in [-0.15, -0.1) is 0 Å². The molecule has 1 atom stereocenters. The SMILES string of the molecule is CCNCC(CCc1cc(F)cc(F)c1)c1ccccc1. The molecule has 0 heterocycles. The van der Waals surface area contributed by atoms with E-state index >= 15 is 0 Å². The minimum absolute atomic E-state index is 0.345. The van der Waals surface area contributed by atoms with Crippen molar-refractivity contribution in [2.24, 2.45) is 0 Å². The first kappa shape index (κ1) is 15.6. The van der Waals surface area contributed by atoms with E-state index in [4.69, 9.17) is 0 Å². The van der Waals surface area contributed by atoms with Crippen LogP contribution in [0.4, 0.5) is 8.78 Å². The highest BCUT2D eigenvalue weighted by atomic mass is 19.1. The van der Waals surface area contributed by atoms with Gasteiger partial charge in [0.05, 0.1) is 0 Å². The Labute approximate surface area is 125 Å². The Hall–Kier alpha value is -1.74. The number of hydrogen-bond acceptors (Lipinski definition) is 1. The van der Waals surface area contributed by atoms with E-state index in [-0.39, 0.29) is 0 Å². The van der Waals surface area contributed by atoms with Crippen LogP contribution in [-0.4, -0.2) is 13.1 Å². The quantitative estimate of drug-likeness (QED) is 0.801. The molecule has 0 aliphatic heterocycles. The van der Waals surface area contributed by atoms with Crippen molar-refractivity contribution >= 4 is 0 Å². The first-order valence-electron chi connectivity index (χ1n) is 7.39. The number of likely N-dealkylation sites (N-methyl/N-ethyl adjacent to an activating group) is 1. The predicted octanol–water partition coefficient (Wildman–Crippen LogP) is 4.29. The molecule has 0 amide bonds. The molecule has 0 saturated heterocycles. The molecule has 1 unspecified atom stereocenters. The minimum atomic E-state index is -0.507. The number of benzene rings is 2. The van der Waals surface area contributed by atoms with Gasteiger partial charge in [0.15, 0.2) is 0 Å². The molecule has 0 aliphatic rings. The molecular weight excluding hydrogens is 268 g/mol. The number of hydrogen-bond donors (Lipinski definition) is 1. The zero-order chi connectivity index (χ0) is 15.1. The second kappa shape index (κ2) is 7.89. The molecular formula is C18H21F2N. The fourth-order valence-corrected chi connectivity index (χ4v) is 2.53. The summed E-state index contributed by atoms with van der Waals surface area (Å²) in [5, 5.41) is 3.36. The first-order chi connectivity index (χ1) is 10.2. The van der Waals surface area contributed by atoms with E-state index in [1.165, 1.54) is 17.7 Å². The van der Waals surface area contributed by atoms with Crippen molar-refractivity contribution in [3.8, 4) is 0 Å². The molecule has 0 fully saturated rings. The second-order valence-corrected chi connectivity index (χ2v) is 5.23. The average molecular weight is 289 g/mol. The largest absolute Gasteiger partial charge is 0.316 e. The summed E-state index contributed by atoms with van der Waals surface area (Å²) in [7, 11) is 0. The monoisotopic (exact) mass is 289 g/mol. The van der Waals surface area contributed by atoms with Crippen molar-refractivity contribution in [2.45, 2.75) is 25.7 Å². The van der Waals surface area contributed by atoms with Gasteiger partial charge in [-0.1, -0.05) is 37.3 Å². The number of nitrogens with one attached hydrogen (secondary N) is 1. The molecule has 1 nitrogen and oxygen atoms in total. The van der Waals surface area contributed by atoms with Gasteiger partial charge >= 0.3 is 0 Å². The molecule has 0 aromatic heterocycles. The Kier molecular flexibility index (Phi) is 5.88. The lowest BCUT2D eigenvalue weighted by Crippen LogP contribution is -2.21. The Morgan fingerprint density at radius 1 is 1.00 bits per heavy atom. The minimum Gasteiger partial charge on any atom is -0.316 e. The molecule has 0 radical (unpaired) electrons. The predicted molar refractivity (Wildman–Crippen MR) is 82.4 cm³/mol. The third kappa shape index (κ3) is 4.94. The third-order valence-corrected chi connectivity index (χ3v) is 3.62. The third-order valence-electron chi connectivity index (χ3n) is 3.62. The van der Waals surface area contributed by atoms with Gasteiger partial charge in [0.25, 0.3) is 0 Å². The number of rotatable bonds is 7. The fraction of sp³-hybridized carbons (Fsp3) is 0.333. The van der Waals surface area contributed by atoms with Crippen LogP contribution < -0.4 is 5.32 Å². The topological polar surface area (TPSA) is 12.0 Å². The molecule has 2 rings (SSSR count). The van der Waals surface area contributed by atoms with E-state index < -0.39 is 11.6 Å². The van der Waals surface area contributed by atoms with Crippen LogP contribution in [0, 0.1) is 11.6 Å². The lowest BCUT2D eigenvalue weighted by Gasteiger charge is -2.18. The van der Waals surface area contributed by atoms with Crippen LogP contribution in [0.1, 0.15) is 30.4 Å². The molecule has 21 heavy (non-hydrogen) atoms. The maximum atomic E-state index is 13.2. The summed E-state index contributed by atoms with van der Waals surface area (Å²) < 4.78 is 26.5. The normalized spacial score (nSPS) is 12.3. The Morgan fingerprint density at radius 3 is 2.29 bits per heavy atom. The van der Waals surface area contributed by atoms with Crippen LogP contribution in [0.15, 0.2) is 48.5 Å². The molecule has 112 valence electrons. The molecule has 0 bridgehead atoms. The number of halogens is 2. The highest BCUT2D eigenvalue weighted by Gasteiger charge is 2.11. The van der Waals surface area contributed by atoms with Gasteiger partial charge in [-0.3, -0.25) is 0 Å². The molecule has 2 aromatic rings.